The lowest BCUT2D eigenvalue weighted by molar-refractivity contribution is 0.297. The van der Waals surface area contributed by atoms with Crippen LogP contribution in [0.25, 0.3) is 0 Å². The Balaban J connectivity index is 2.12. The van der Waals surface area contributed by atoms with E-state index in [1.807, 2.05) is 0 Å². The van der Waals surface area contributed by atoms with Crippen molar-refractivity contribution in [3.05, 3.63) is 35.6 Å². The average molecular weight is 342 g/mol. The van der Waals surface area contributed by atoms with Gasteiger partial charge >= 0.3 is 0 Å². The van der Waals surface area contributed by atoms with Crippen molar-refractivity contribution in [2.75, 3.05) is 19.6 Å². The molecule has 1 aromatic rings. The van der Waals surface area contributed by atoms with E-state index in [2.05, 4.69) is 6.92 Å². The van der Waals surface area contributed by atoms with E-state index in [0.717, 1.165) is 44.1 Å². The number of halogens is 1. The lowest BCUT2D eigenvalue weighted by Gasteiger charge is -2.32. The Bertz CT molecular complexity index is 569. The second-order valence-corrected chi connectivity index (χ2v) is 8.06. The summed E-state index contributed by atoms with van der Waals surface area (Å²) in [4.78, 5) is 0. The van der Waals surface area contributed by atoms with E-state index in [1.165, 1.54) is 12.1 Å². The number of piperidine rings is 1. The van der Waals surface area contributed by atoms with Gasteiger partial charge in [-0.3, -0.25) is 0 Å². The summed E-state index contributed by atoms with van der Waals surface area (Å²) in [6.45, 7) is 4.14. The SMILES string of the molecule is CCCCCN(Cc1ccc(F)cc1)S(=O)(=O)N1CCCCC1. The van der Waals surface area contributed by atoms with Gasteiger partial charge < -0.3 is 0 Å². The second kappa shape index (κ2) is 8.76. The fourth-order valence-corrected chi connectivity index (χ4v) is 4.58. The van der Waals surface area contributed by atoms with Gasteiger partial charge in [0.2, 0.25) is 0 Å². The molecule has 0 N–H and O–H groups in total. The zero-order valence-electron chi connectivity index (χ0n) is 13.9. The smallest absolute Gasteiger partial charge is 0.207 e. The minimum Gasteiger partial charge on any atom is -0.207 e. The van der Waals surface area contributed by atoms with Gasteiger partial charge in [0.05, 0.1) is 0 Å². The van der Waals surface area contributed by atoms with Crippen molar-refractivity contribution < 1.29 is 12.8 Å². The van der Waals surface area contributed by atoms with Crippen LogP contribution in [-0.4, -0.2) is 36.7 Å². The third-order valence-electron chi connectivity index (χ3n) is 4.25. The van der Waals surface area contributed by atoms with E-state index in [0.29, 0.717) is 26.2 Å². The van der Waals surface area contributed by atoms with Crippen LogP contribution in [0.1, 0.15) is 51.0 Å². The van der Waals surface area contributed by atoms with Crippen LogP contribution < -0.4 is 0 Å². The van der Waals surface area contributed by atoms with E-state index in [1.54, 1.807) is 20.7 Å². The largest absolute Gasteiger partial charge is 0.282 e. The predicted molar refractivity (Wildman–Crippen MR) is 90.7 cm³/mol. The predicted octanol–water partition coefficient (Wildman–Crippen LogP) is 3.55. The molecule has 4 nitrogen and oxygen atoms in total. The van der Waals surface area contributed by atoms with Crippen molar-refractivity contribution in [3.8, 4) is 0 Å². The molecular weight excluding hydrogens is 315 g/mol. The molecule has 0 amide bonds. The molecule has 0 saturated carbocycles. The molecule has 1 fully saturated rings. The topological polar surface area (TPSA) is 40.6 Å². The molecule has 130 valence electrons. The fourth-order valence-electron chi connectivity index (χ4n) is 2.87. The highest BCUT2D eigenvalue weighted by Crippen LogP contribution is 2.19. The zero-order valence-corrected chi connectivity index (χ0v) is 14.7. The lowest BCUT2D eigenvalue weighted by atomic mass is 10.2. The molecular formula is C17H27FN2O2S. The summed E-state index contributed by atoms with van der Waals surface area (Å²) in [5, 5.41) is 0. The van der Waals surface area contributed by atoms with Crippen molar-refractivity contribution in [1.82, 2.24) is 8.61 Å². The van der Waals surface area contributed by atoms with Gasteiger partial charge in [-0.2, -0.15) is 17.0 Å². The minimum atomic E-state index is -3.44. The molecule has 0 radical (unpaired) electrons. The Hall–Kier alpha value is -0.980. The summed E-state index contributed by atoms with van der Waals surface area (Å²) in [5.41, 5.74) is 0.823. The zero-order chi connectivity index (χ0) is 16.7. The molecule has 0 atom stereocenters. The van der Waals surface area contributed by atoms with Crippen molar-refractivity contribution in [1.29, 1.82) is 0 Å². The van der Waals surface area contributed by atoms with Crippen LogP contribution in [0.15, 0.2) is 24.3 Å². The Kier molecular flexibility index (Phi) is 6.99. The molecule has 1 aliphatic heterocycles. The van der Waals surface area contributed by atoms with Gasteiger partial charge in [-0.05, 0) is 37.0 Å². The van der Waals surface area contributed by atoms with Crippen molar-refractivity contribution in [3.63, 3.8) is 0 Å². The molecule has 2 rings (SSSR count). The van der Waals surface area contributed by atoms with Crippen molar-refractivity contribution in [2.24, 2.45) is 0 Å². The maximum atomic E-state index is 13.1. The lowest BCUT2D eigenvalue weighted by Crippen LogP contribution is -2.46. The van der Waals surface area contributed by atoms with Crippen molar-refractivity contribution >= 4 is 10.2 Å². The standard InChI is InChI=1S/C17H27FN2O2S/c1-2-3-5-14-20(15-16-8-10-17(18)11-9-16)23(21,22)19-12-6-4-7-13-19/h8-11H,2-7,12-15H2,1H3. The van der Waals surface area contributed by atoms with E-state index in [4.69, 9.17) is 0 Å². The Labute approximate surface area is 139 Å². The number of rotatable bonds is 8. The first kappa shape index (κ1) is 18.4. The summed E-state index contributed by atoms with van der Waals surface area (Å²) in [5.74, 6) is -0.301. The molecule has 23 heavy (non-hydrogen) atoms. The first-order valence-electron chi connectivity index (χ1n) is 8.53. The molecule has 1 aromatic carbocycles. The molecule has 0 aliphatic carbocycles. The van der Waals surface area contributed by atoms with Crippen LogP contribution in [0.4, 0.5) is 4.39 Å². The molecule has 1 saturated heterocycles. The average Bonchev–Trinajstić information content (AvgIpc) is 2.56. The molecule has 1 heterocycles. The van der Waals surface area contributed by atoms with E-state index < -0.39 is 10.2 Å². The summed E-state index contributed by atoms with van der Waals surface area (Å²) < 4.78 is 42.1. The Morgan fingerprint density at radius 3 is 2.35 bits per heavy atom. The minimum absolute atomic E-state index is 0.301. The van der Waals surface area contributed by atoms with Gasteiger partial charge in [-0.1, -0.05) is 38.3 Å². The Morgan fingerprint density at radius 1 is 1.09 bits per heavy atom. The number of nitrogens with zero attached hydrogens (tertiary/aromatic N) is 2. The molecule has 0 bridgehead atoms. The van der Waals surface area contributed by atoms with Gasteiger partial charge in [-0.15, -0.1) is 0 Å². The highest BCUT2D eigenvalue weighted by molar-refractivity contribution is 7.86. The number of benzene rings is 1. The van der Waals surface area contributed by atoms with Crippen LogP contribution in [0.3, 0.4) is 0 Å². The maximum absolute atomic E-state index is 13.1. The van der Waals surface area contributed by atoms with Gasteiger partial charge in [0.25, 0.3) is 10.2 Å². The van der Waals surface area contributed by atoms with Crippen LogP contribution in [-0.2, 0) is 16.8 Å². The van der Waals surface area contributed by atoms with Gasteiger partial charge in [0.15, 0.2) is 0 Å². The highest BCUT2D eigenvalue weighted by Gasteiger charge is 2.30. The van der Waals surface area contributed by atoms with E-state index >= 15 is 0 Å². The van der Waals surface area contributed by atoms with Gasteiger partial charge in [-0.25, -0.2) is 4.39 Å². The third kappa shape index (κ3) is 5.26. The van der Waals surface area contributed by atoms with Crippen LogP contribution in [0.5, 0.6) is 0 Å². The summed E-state index contributed by atoms with van der Waals surface area (Å²) in [6.07, 6.45) is 5.87. The summed E-state index contributed by atoms with van der Waals surface area (Å²) >= 11 is 0. The molecule has 0 unspecified atom stereocenters. The highest BCUT2D eigenvalue weighted by atomic mass is 32.2. The molecule has 0 aromatic heterocycles. The van der Waals surface area contributed by atoms with E-state index in [9.17, 15) is 12.8 Å². The number of unbranched alkanes of at least 4 members (excludes halogenated alkanes) is 2. The maximum Gasteiger partial charge on any atom is 0.282 e. The number of hydrogen-bond acceptors (Lipinski definition) is 2. The molecule has 6 heteroatoms. The normalized spacial score (nSPS) is 16.8. The van der Waals surface area contributed by atoms with Crippen LogP contribution in [0, 0.1) is 5.82 Å². The first-order valence-corrected chi connectivity index (χ1v) is 9.93. The summed E-state index contributed by atoms with van der Waals surface area (Å²) in [7, 11) is -3.44. The van der Waals surface area contributed by atoms with Crippen LogP contribution in [0.2, 0.25) is 0 Å². The summed E-state index contributed by atoms with van der Waals surface area (Å²) in [6, 6.07) is 6.09. The second-order valence-electron chi connectivity index (χ2n) is 6.13. The third-order valence-corrected chi connectivity index (χ3v) is 6.23. The quantitative estimate of drug-likeness (QED) is 0.678. The Morgan fingerprint density at radius 2 is 1.74 bits per heavy atom. The van der Waals surface area contributed by atoms with Gasteiger partial charge in [0, 0.05) is 26.2 Å². The van der Waals surface area contributed by atoms with Crippen LogP contribution >= 0.6 is 0 Å². The van der Waals surface area contributed by atoms with E-state index in [-0.39, 0.29) is 5.82 Å². The monoisotopic (exact) mass is 342 g/mol. The molecule has 1 aliphatic rings. The fraction of sp³-hybridized carbons (Fsp3) is 0.647. The molecule has 0 spiro atoms. The van der Waals surface area contributed by atoms with Crippen molar-refractivity contribution in [2.45, 2.75) is 52.0 Å². The van der Waals surface area contributed by atoms with Gasteiger partial charge in [0.1, 0.15) is 5.82 Å². The first-order chi connectivity index (χ1) is 11.0. The number of hydrogen-bond donors (Lipinski definition) is 0.